The number of rotatable bonds is 4. The van der Waals surface area contributed by atoms with Gasteiger partial charge in [-0.25, -0.2) is 4.98 Å². The molecule has 4 heteroatoms. The van der Waals surface area contributed by atoms with E-state index in [0.717, 1.165) is 10.9 Å². The number of hydrogen-bond donors (Lipinski definition) is 2. The number of nitrogens with two attached hydrogens (primary N) is 1. The van der Waals surface area contributed by atoms with Crippen LogP contribution in [0.15, 0.2) is 60.8 Å². The Morgan fingerprint density at radius 1 is 1.00 bits per heavy atom. The first-order valence-electron chi connectivity index (χ1n) is 7.17. The molecule has 2 atom stereocenters. The van der Waals surface area contributed by atoms with Crippen LogP contribution in [0.4, 0.5) is 0 Å². The summed E-state index contributed by atoms with van der Waals surface area (Å²) in [6.45, 7) is 0.349. The predicted molar refractivity (Wildman–Crippen MR) is 90.0 cm³/mol. The third-order valence-corrected chi connectivity index (χ3v) is 4.15. The van der Waals surface area contributed by atoms with Crippen LogP contribution in [0.3, 0.4) is 0 Å². The molecule has 3 aromatic rings. The molecule has 1 heterocycles. The van der Waals surface area contributed by atoms with Crippen LogP contribution in [0.1, 0.15) is 23.1 Å². The molecule has 112 valence electrons. The van der Waals surface area contributed by atoms with Crippen LogP contribution in [0, 0.1) is 0 Å². The Balaban J connectivity index is 1.96. The average Bonchev–Trinajstić information content (AvgIpc) is 2.56. The molecule has 0 aliphatic rings. The summed E-state index contributed by atoms with van der Waals surface area (Å²) in [6.07, 6.45) is 0.882. The quantitative estimate of drug-likeness (QED) is 0.723. The van der Waals surface area contributed by atoms with Gasteiger partial charge in [-0.05, 0) is 28.0 Å². The number of aliphatic hydroxyl groups excluding tert-OH is 1. The van der Waals surface area contributed by atoms with Crippen molar-refractivity contribution in [1.29, 1.82) is 0 Å². The van der Waals surface area contributed by atoms with E-state index in [0.29, 0.717) is 17.3 Å². The molecule has 0 amide bonds. The number of nitrogens with zero attached hydrogens (tertiary/aromatic N) is 1. The maximum atomic E-state index is 10.6. The predicted octanol–water partition coefficient (Wildman–Crippen LogP) is 3.66. The summed E-state index contributed by atoms with van der Waals surface area (Å²) in [5.41, 5.74) is 7.64. The summed E-state index contributed by atoms with van der Waals surface area (Å²) < 4.78 is 0. The summed E-state index contributed by atoms with van der Waals surface area (Å²) in [7, 11) is 0. The molecule has 0 saturated carbocycles. The van der Waals surface area contributed by atoms with Gasteiger partial charge in [0.25, 0.3) is 0 Å². The molecule has 0 aliphatic heterocycles. The van der Waals surface area contributed by atoms with Crippen LogP contribution in [-0.4, -0.2) is 16.6 Å². The van der Waals surface area contributed by atoms with E-state index in [9.17, 15) is 5.11 Å². The van der Waals surface area contributed by atoms with Crippen LogP contribution in [-0.2, 0) is 0 Å². The van der Waals surface area contributed by atoms with E-state index in [4.69, 9.17) is 17.3 Å². The Morgan fingerprint density at radius 3 is 2.41 bits per heavy atom. The van der Waals surface area contributed by atoms with E-state index >= 15 is 0 Å². The Morgan fingerprint density at radius 2 is 1.73 bits per heavy atom. The molecule has 3 rings (SSSR count). The van der Waals surface area contributed by atoms with Gasteiger partial charge in [-0.2, -0.15) is 0 Å². The summed E-state index contributed by atoms with van der Waals surface area (Å²) in [6, 6.07) is 17.8. The molecule has 22 heavy (non-hydrogen) atoms. The molecule has 2 aromatic carbocycles. The van der Waals surface area contributed by atoms with Crippen molar-refractivity contribution < 1.29 is 5.11 Å². The third-order valence-electron chi connectivity index (χ3n) is 3.93. The number of pyridine rings is 1. The molecule has 0 radical (unpaired) electrons. The zero-order valence-electron chi connectivity index (χ0n) is 12.0. The first-order valence-corrected chi connectivity index (χ1v) is 7.55. The van der Waals surface area contributed by atoms with E-state index in [1.54, 1.807) is 18.3 Å². The van der Waals surface area contributed by atoms with Gasteiger partial charge in [-0.15, -0.1) is 0 Å². The van der Waals surface area contributed by atoms with Gasteiger partial charge in [0.1, 0.15) is 5.15 Å². The second-order valence-corrected chi connectivity index (χ2v) is 5.70. The van der Waals surface area contributed by atoms with Crippen molar-refractivity contribution in [3.05, 3.63) is 77.1 Å². The fraction of sp³-hybridized carbons (Fsp3) is 0.167. The molecule has 3 N–H and O–H groups in total. The molecule has 0 bridgehead atoms. The van der Waals surface area contributed by atoms with E-state index in [2.05, 4.69) is 29.2 Å². The second-order valence-electron chi connectivity index (χ2n) is 5.31. The number of fused-ring (bicyclic) bond motifs is 1. The topological polar surface area (TPSA) is 59.1 Å². The summed E-state index contributed by atoms with van der Waals surface area (Å²) in [4.78, 5) is 4.03. The molecule has 1 aromatic heterocycles. The van der Waals surface area contributed by atoms with E-state index in [1.165, 1.54) is 5.39 Å². The van der Waals surface area contributed by atoms with Gasteiger partial charge in [0, 0.05) is 18.7 Å². The molecular formula is C18H17ClN2O. The van der Waals surface area contributed by atoms with Gasteiger partial charge < -0.3 is 10.8 Å². The van der Waals surface area contributed by atoms with Crippen molar-refractivity contribution in [3.8, 4) is 0 Å². The minimum atomic E-state index is -0.712. The molecular weight excluding hydrogens is 296 g/mol. The molecule has 0 unspecified atom stereocenters. The standard InChI is InChI=1S/C18H17ClN2O/c19-17-8-7-15(11-21-17)18(22)16(10-20)14-6-5-12-3-1-2-4-13(12)9-14/h1-9,11,16,18,22H,10,20H2/t16-,18-/m1/s1. The van der Waals surface area contributed by atoms with Crippen molar-refractivity contribution in [2.75, 3.05) is 6.54 Å². The van der Waals surface area contributed by atoms with E-state index in [1.807, 2.05) is 18.2 Å². The van der Waals surface area contributed by atoms with Gasteiger partial charge in [-0.1, -0.05) is 60.1 Å². The second kappa shape index (κ2) is 6.44. The van der Waals surface area contributed by atoms with Crippen molar-refractivity contribution >= 4 is 22.4 Å². The van der Waals surface area contributed by atoms with E-state index < -0.39 is 6.10 Å². The lowest BCUT2D eigenvalue weighted by molar-refractivity contribution is 0.147. The van der Waals surface area contributed by atoms with Crippen molar-refractivity contribution in [3.63, 3.8) is 0 Å². The fourth-order valence-corrected chi connectivity index (χ4v) is 2.79. The number of aromatic nitrogens is 1. The molecule has 3 nitrogen and oxygen atoms in total. The minimum absolute atomic E-state index is 0.187. The first kappa shape index (κ1) is 15.0. The highest BCUT2D eigenvalue weighted by atomic mass is 35.5. The van der Waals surface area contributed by atoms with Crippen LogP contribution in [0.5, 0.6) is 0 Å². The Bertz CT molecular complexity index is 773. The lowest BCUT2D eigenvalue weighted by atomic mass is 9.88. The molecule has 0 spiro atoms. The molecule has 0 fully saturated rings. The smallest absolute Gasteiger partial charge is 0.129 e. The van der Waals surface area contributed by atoms with Crippen molar-refractivity contribution in [1.82, 2.24) is 4.98 Å². The van der Waals surface area contributed by atoms with Gasteiger partial charge in [0.2, 0.25) is 0 Å². The van der Waals surface area contributed by atoms with E-state index in [-0.39, 0.29) is 5.92 Å². The highest BCUT2D eigenvalue weighted by molar-refractivity contribution is 6.29. The highest BCUT2D eigenvalue weighted by Gasteiger charge is 2.22. The number of benzene rings is 2. The third kappa shape index (κ3) is 2.97. The molecule has 0 saturated heterocycles. The Labute approximate surface area is 134 Å². The van der Waals surface area contributed by atoms with Gasteiger partial charge in [0.05, 0.1) is 6.10 Å². The van der Waals surface area contributed by atoms with Gasteiger partial charge in [-0.3, -0.25) is 0 Å². The maximum Gasteiger partial charge on any atom is 0.129 e. The SMILES string of the molecule is NC[C@H](c1ccc2ccccc2c1)[C@H](O)c1ccc(Cl)nc1. The zero-order chi connectivity index (χ0) is 15.5. The average molecular weight is 313 g/mol. The lowest BCUT2D eigenvalue weighted by Gasteiger charge is -2.22. The monoisotopic (exact) mass is 312 g/mol. The number of aliphatic hydroxyl groups is 1. The van der Waals surface area contributed by atoms with Gasteiger partial charge in [0.15, 0.2) is 0 Å². The number of halogens is 1. The normalized spacial score (nSPS) is 14.0. The van der Waals surface area contributed by atoms with Crippen LogP contribution < -0.4 is 5.73 Å². The summed E-state index contributed by atoms with van der Waals surface area (Å²) >= 11 is 5.79. The van der Waals surface area contributed by atoms with Crippen molar-refractivity contribution in [2.45, 2.75) is 12.0 Å². The highest BCUT2D eigenvalue weighted by Crippen LogP contribution is 2.31. The van der Waals surface area contributed by atoms with Crippen molar-refractivity contribution in [2.24, 2.45) is 5.73 Å². The lowest BCUT2D eigenvalue weighted by Crippen LogP contribution is -2.20. The first-order chi connectivity index (χ1) is 10.7. The summed E-state index contributed by atoms with van der Waals surface area (Å²) in [5.74, 6) is -0.187. The summed E-state index contributed by atoms with van der Waals surface area (Å²) in [5, 5.41) is 13.4. The largest absolute Gasteiger partial charge is 0.388 e. The van der Waals surface area contributed by atoms with Gasteiger partial charge >= 0.3 is 0 Å². The van der Waals surface area contributed by atoms with Crippen LogP contribution in [0.25, 0.3) is 10.8 Å². The Hall–Kier alpha value is -1.94. The molecule has 0 aliphatic carbocycles. The zero-order valence-corrected chi connectivity index (χ0v) is 12.7. The fourth-order valence-electron chi connectivity index (χ4n) is 2.68. The maximum absolute atomic E-state index is 10.6. The van der Waals surface area contributed by atoms with Crippen LogP contribution >= 0.6 is 11.6 Å². The van der Waals surface area contributed by atoms with Crippen LogP contribution in [0.2, 0.25) is 5.15 Å². The number of hydrogen-bond acceptors (Lipinski definition) is 3. The minimum Gasteiger partial charge on any atom is -0.388 e. The Kier molecular flexibility index (Phi) is 4.39.